The van der Waals surface area contributed by atoms with Gasteiger partial charge in [0.25, 0.3) is 0 Å². The zero-order valence-corrected chi connectivity index (χ0v) is 10.6. The maximum Gasteiger partial charge on any atom is 0.219 e. The van der Waals surface area contributed by atoms with Gasteiger partial charge in [0.2, 0.25) is 11.8 Å². The van der Waals surface area contributed by atoms with Crippen LogP contribution in [0, 0.1) is 12.8 Å². The third-order valence-corrected chi connectivity index (χ3v) is 2.40. The van der Waals surface area contributed by atoms with Gasteiger partial charge in [0, 0.05) is 11.6 Å². The van der Waals surface area contributed by atoms with Crippen LogP contribution in [0.25, 0.3) is 0 Å². The van der Waals surface area contributed by atoms with Crippen LogP contribution in [0.4, 0.5) is 0 Å². The number of aryl methyl sites for hydroxylation is 1. The highest BCUT2D eigenvalue weighted by Crippen LogP contribution is 2.19. The molecule has 0 bridgehead atoms. The molecule has 0 radical (unpaired) electrons. The van der Waals surface area contributed by atoms with E-state index < -0.39 is 0 Å². The monoisotopic (exact) mass is 223 g/mol. The Hall–Kier alpha value is -1.25. The van der Waals surface area contributed by atoms with Crippen LogP contribution < -0.4 is 9.47 Å². The van der Waals surface area contributed by atoms with Gasteiger partial charge in [-0.3, -0.25) is 0 Å². The van der Waals surface area contributed by atoms with E-state index in [4.69, 9.17) is 9.47 Å². The standard InChI is InChI=1S/C13H21NO2/c1-10(2)6-5-9-16-13-11(3)7-8-12(14-13)15-4/h7-8,10H,5-6,9H2,1-4H3. The molecule has 1 rings (SSSR count). The molecule has 0 aliphatic heterocycles. The van der Waals surface area contributed by atoms with Gasteiger partial charge in [-0.1, -0.05) is 13.8 Å². The summed E-state index contributed by atoms with van der Waals surface area (Å²) in [5.74, 6) is 2.01. The van der Waals surface area contributed by atoms with Gasteiger partial charge >= 0.3 is 0 Å². The highest BCUT2D eigenvalue weighted by Gasteiger charge is 2.03. The number of aromatic nitrogens is 1. The summed E-state index contributed by atoms with van der Waals surface area (Å²) in [5, 5.41) is 0. The summed E-state index contributed by atoms with van der Waals surface area (Å²) in [6.45, 7) is 7.15. The smallest absolute Gasteiger partial charge is 0.219 e. The third-order valence-electron chi connectivity index (χ3n) is 2.40. The lowest BCUT2D eigenvalue weighted by atomic mass is 10.1. The van der Waals surface area contributed by atoms with E-state index in [1.807, 2.05) is 19.1 Å². The molecule has 0 aromatic carbocycles. The summed E-state index contributed by atoms with van der Waals surface area (Å²) < 4.78 is 10.7. The molecule has 16 heavy (non-hydrogen) atoms. The van der Waals surface area contributed by atoms with Crippen molar-refractivity contribution in [2.24, 2.45) is 5.92 Å². The van der Waals surface area contributed by atoms with Crippen molar-refractivity contribution in [2.45, 2.75) is 33.6 Å². The molecule has 90 valence electrons. The molecule has 0 fully saturated rings. The zero-order chi connectivity index (χ0) is 12.0. The quantitative estimate of drug-likeness (QED) is 0.694. The number of pyridine rings is 1. The molecule has 0 saturated carbocycles. The summed E-state index contributed by atoms with van der Waals surface area (Å²) in [4.78, 5) is 4.26. The van der Waals surface area contributed by atoms with Gasteiger partial charge in [-0.15, -0.1) is 0 Å². The third kappa shape index (κ3) is 4.09. The Morgan fingerprint density at radius 2 is 2.06 bits per heavy atom. The Morgan fingerprint density at radius 1 is 1.31 bits per heavy atom. The number of nitrogens with zero attached hydrogens (tertiary/aromatic N) is 1. The first-order valence-electron chi connectivity index (χ1n) is 5.78. The first-order chi connectivity index (χ1) is 7.63. The average Bonchev–Trinajstić information content (AvgIpc) is 2.26. The van der Waals surface area contributed by atoms with Gasteiger partial charge < -0.3 is 9.47 Å². The molecular formula is C13H21NO2. The topological polar surface area (TPSA) is 31.4 Å². The number of methoxy groups -OCH3 is 1. The van der Waals surface area contributed by atoms with Crippen molar-refractivity contribution in [3.8, 4) is 11.8 Å². The summed E-state index contributed by atoms with van der Waals surface area (Å²) in [5.41, 5.74) is 1.05. The van der Waals surface area contributed by atoms with Crippen LogP contribution in [-0.4, -0.2) is 18.7 Å². The van der Waals surface area contributed by atoms with Gasteiger partial charge in [-0.25, -0.2) is 0 Å². The minimum atomic E-state index is 0.601. The van der Waals surface area contributed by atoms with E-state index in [-0.39, 0.29) is 0 Å². The molecule has 0 saturated heterocycles. The van der Waals surface area contributed by atoms with Crippen molar-refractivity contribution in [3.05, 3.63) is 17.7 Å². The van der Waals surface area contributed by atoms with Gasteiger partial charge in [-0.2, -0.15) is 4.98 Å². The number of hydrogen-bond acceptors (Lipinski definition) is 3. The summed E-state index contributed by atoms with van der Waals surface area (Å²) in [7, 11) is 1.61. The van der Waals surface area contributed by atoms with E-state index in [1.54, 1.807) is 7.11 Å². The van der Waals surface area contributed by atoms with Crippen molar-refractivity contribution in [2.75, 3.05) is 13.7 Å². The fourth-order valence-corrected chi connectivity index (χ4v) is 1.41. The largest absolute Gasteiger partial charge is 0.481 e. The van der Waals surface area contributed by atoms with E-state index in [2.05, 4.69) is 18.8 Å². The lowest BCUT2D eigenvalue weighted by Gasteiger charge is -2.10. The van der Waals surface area contributed by atoms with E-state index in [9.17, 15) is 0 Å². The highest BCUT2D eigenvalue weighted by molar-refractivity contribution is 5.29. The summed E-state index contributed by atoms with van der Waals surface area (Å²) in [6.07, 6.45) is 2.25. The van der Waals surface area contributed by atoms with Crippen LogP contribution in [0.3, 0.4) is 0 Å². The number of hydrogen-bond donors (Lipinski definition) is 0. The molecule has 1 aromatic heterocycles. The molecule has 0 unspecified atom stereocenters. The van der Waals surface area contributed by atoms with E-state index in [0.29, 0.717) is 11.8 Å². The van der Waals surface area contributed by atoms with E-state index in [0.717, 1.165) is 24.5 Å². The second-order valence-corrected chi connectivity index (χ2v) is 4.36. The van der Waals surface area contributed by atoms with Crippen molar-refractivity contribution in [1.82, 2.24) is 4.98 Å². The van der Waals surface area contributed by atoms with Crippen LogP contribution in [-0.2, 0) is 0 Å². The average molecular weight is 223 g/mol. The second kappa shape index (κ2) is 6.36. The summed E-state index contributed by atoms with van der Waals surface area (Å²) >= 11 is 0. The fraction of sp³-hybridized carbons (Fsp3) is 0.615. The van der Waals surface area contributed by atoms with Crippen LogP contribution in [0.2, 0.25) is 0 Å². The molecule has 0 spiro atoms. The van der Waals surface area contributed by atoms with Crippen LogP contribution in [0.1, 0.15) is 32.3 Å². The molecule has 1 aromatic rings. The first kappa shape index (κ1) is 12.8. The highest BCUT2D eigenvalue weighted by atomic mass is 16.5. The molecular weight excluding hydrogens is 202 g/mol. The zero-order valence-electron chi connectivity index (χ0n) is 10.6. The van der Waals surface area contributed by atoms with Gasteiger partial charge in [0.1, 0.15) is 0 Å². The molecule has 3 heteroatoms. The Labute approximate surface area is 97.8 Å². The maximum atomic E-state index is 5.64. The molecule has 0 aliphatic rings. The predicted molar refractivity (Wildman–Crippen MR) is 65.1 cm³/mol. The number of rotatable bonds is 6. The van der Waals surface area contributed by atoms with E-state index >= 15 is 0 Å². The first-order valence-corrected chi connectivity index (χ1v) is 5.78. The second-order valence-electron chi connectivity index (χ2n) is 4.36. The van der Waals surface area contributed by atoms with Gasteiger partial charge in [-0.05, 0) is 31.7 Å². The minimum Gasteiger partial charge on any atom is -0.481 e. The molecule has 0 N–H and O–H groups in total. The maximum absolute atomic E-state index is 5.64. The molecule has 0 amide bonds. The Bertz CT molecular complexity index is 324. The Balaban J connectivity index is 2.46. The van der Waals surface area contributed by atoms with Gasteiger partial charge in [0.05, 0.1) is 13.7 Å². The minimum absolute atomic E-state index is 0.601. The molecule has 3 nitrogen and oxygen atoms in total. The van der Waals surface area contributed by atoms with Crippen LogP contribution in [0.5, 0.6) is 11.8 Å². The van der Waals surface area contributed by atoms with Gasteiger partial charge in [0.15, 0.2) is 0 Å². The lowest BCUT2D eigenvalue weighted by Crippen LogP contribution is -2.03. The van der Waals surface area contributed by atoms with Crippen LogP contribution in [0.15, 0.2) is 12.1 Å². The van der Waals surface area contributed by atoms with Crippen molar-refractivity contribution in [1.29, 1.82) is 0 Å². The Morgan fingerprint density at radius 3 is 2.69 bits per heavy atom. The van der Waals surface area contributed by atoms with Crippen molar-refractivity contribution < 1.29 is 9.47 Å². The predicted octanol–water partition coefficient (Wildman–Crippen LogP) is 3.21. The molecule has 0 atom stereocenters. The SMILES string of the molecule is COc1ccc(C)c(OCCCC(C)C)n1. The van der Waals surface area contributed by atoms with Crippen LogP contribution >= 0.6 is 0 Å². The van der Waals surface area contributed by atoms with Crippen molar-refractivity contribution >= 4 is 0 Å². The summed E-state index contributed by atoms with van der Waals surface area (Å²) in [6, 6.07) is 3.81. The Kier molecular flexibility index (Phi) is 5.09. The molecule has 1 heterocycles. The normalized spacial score (nSPS) is 10.6. The molecule has 0 aliphatic carbocycles. The lowest BCUT2D eigenvalue weighted by molar-refractivity contribution is 0.279. The van der Waals surface area contributed by atoms with Crippen molar-refractivity contribution in [3.63, 3.8) is 0 Å². The fourth-order valence-electron chi connectivity index (χ4n) is 1.41. The van der Waals surface area contributed by atoms with E-state index in [1.165, 1.54) is 6.42 Å². The number of ether oxygens (including phenoxy) is 2.